The van der Waals surface area contributed by atoms with Crippen molar-refractivity contribution in [3.63, 3.8) is 0 Å². The zero-order valence-electron chi connectivity index (χ0n) is 14.8. The first-order chi connectivity index (χ1) is 12.6. The Hall–Kier alpha value is -2.43. The fourth-order valence-electron chi connectivity index (χ4n) is 3.48. The lowest BCUT2D eigenvalue weighted by Crippen LogP contribution is -2.46. The molecule has 0 radical (unpaired) electrons. The molecule has 0 amide bonds. The van der Waals surface area contributed by atoms with Crippen LogP contribution in [-0.2, 0) is 4.79 Å². The standard InChI is InChI=1S/C22H25NO3/c24-21-13-15-23(16-20(21)22(25)26)14-7-12-19(17-8-3-1-4-9-17)18-10-5-2-6-11-18/h1-6,8-12,20-21,24H,7,13-16H2,(H,25,26)/t20-,21-/m1/s1. The minimum absolute atomic E-state index is 0.413. The molecule has 3 rings (SSSR count). The van der Waals surface area contributed by atoms with Crippen LogP contribution in [0.5, 0.6) is 0 Å². The summed E-state index contributed by atoms with van der Waals surface area (Å²) in [6, 6.07) is 20.6. The molecule has 1 heterocycles. The minimum Gasteiger partial charge on any atom is -0.481 e. The molecule has 1 aliphatic rings. The van der Waals surface area contributed by atoms with E-state index in [1.807, 2.05) is 36.4 Å². The molecule has 0 spiro atoms. The molecule has 0 saturated carbocycles. The van der Waals surface area contributed by atoms with Gasteiger partial charge in [0.25, 0.3) is 0 Å². The Morgan fingerprint density at radius 1 is 1.04 bits per heavy atom. The second-order valence-electron chi connectivity index (χ2n) is 6.74. The van der Waals surface area contributed by atoms with Gasteiger partial charge in [-0.05, 0) is 29.5 Å². The summed E-state index contributed by atoms with van der Waals surface area (Å²) in [5, 5.41) is 19.1. The molecule has 2 atom stereocenters. The molecular formula is C22H25NO3. The number of aliphatic carboxylic acids is 1. The van der Waals surface area contributed by atoms with Crippen LogP contribution < -0.4 is 0 Å². The third-order valence-corrected chi connectivity index (χ3v) is 4.94. The van der Waals surface area contributed by atoms with E-state index in [4.69, 9.17) is 0 Å². The average molecular weight is 351 g/mol. The number of hydrogen-bond acceptors (Lipinski definition) is 3. The van der Waals surface area contributed by atoms with E-state index in [0.717, 1.165) is 19.5 Å². The first kappa shape index (κ1) is 18.4. The third-order valence-electron chi connectivity index (χ3n) is 4.94. The number of benzene rings is 2. The number of piperidine rings is 1. The van der Waals surface area contributed by atoms with E-state index in [1.165, 1.54) is 16.7 Å². The molecule has 136 valence electrons. The van der Waals surface area contributed by atoms with Crippen LogP contribution in [0.15, 0.2) is 66.7 Å². The summed E-state index contributed by atoms with van der Waals surface area (Å²) in [5.41, 5.74) is 3.55. The van der Waals surface area contributed by atoms with Crippen LogP contribution in [-0.4, -0.2) is 46.8 Å². The van der Waals surface area contributed by atoms with Crippen molar-refractivity contribution < 1.29 is 15.0 Å². The highest BCUT2D eigenvalue weighted by molar-refractivity contribution is 5.79. The summed E-state index contributed by atoms with van der Waals surface area (Å²) in [6.07, 6.45) is 2.85. The summed E-state index contributed by atoms with van der Waals surface area (Å²) in [5.74, 6) is -1.59. The van der Waals surface area contributed by atoms with Gasteiger partial charge in [-0.1, -0.05) is 66.7 Å². The van der Waals surface area contributed by atoms with Gasteiger partial charge in [-0.25, -0.2) is 0 Å². The number of rotatable bonds is 6. The lowest BCUT2D eigenvalue weighted by Gasteiger charge is -2.33. The SMILES string of the molecule is O=C(O)[C@@H]1CN(CCC=C(c2ccccc2)c2ccccc2)CC[C@H]1O. The predicted octanol–water partition coefficient (Wildman–Crippen LogP) is 3.28. The van der Waals surface area contributed by atoms with Crippen LogP contribution in [0.4, 0.5) is 0 Å². The average Bonchev–Trinajstić information content (AvgIpc) is 2.67. The van der Waals surface area contributed by atoms with Gasteiger partial charge < -0.3 is 15.1 Å². The van der Waals surface area contributed by atoms with E-state index in [9.17, 15) is 15.0 Å². The number of carbonyl (C=O) groups is 1. The highest BCUT2D eigenvalue weighted by Crippen LogP contribution is 2.24. The van der Waals surface area contributed by atoms with Crippen molar-refractivity contribution >= 4 is 11.5 Å². The number of aliphatic hydroxyl groups excluding tert-OH is 1. The maximum Gasteiger partial charge on any atom is 0.310 e. The van der Waals surface area contributed by atoms with Crippen LogP contribution in [0.2, 0.25) is 0 Å². The molecule has 1 aliphatic heterocycles. The quantitative estimate of drug-likeness (QED) is 0.838. The van der Waals surface area contributed by atoms with Crippen molar-refractivity contribution in [3.05, 3.63) is 77.9 Å². The van der Waals surface area contributed by atoms with Gasteiger partial charge in [-0.3, -0.25) is 4.79 Å². The predicted molar refractivity (Wildman–Crippen MR) is 103 cm³/mol. The van der Waals surface area contributed by atoms with Crippen LogP contribution in [0.25, 0.3) is 5.57 Å². The van der Waals surface area contributed by atoms with Gasteiger partial charge in [0.15, 0.2) is 0 Å². The van der Waals surface area contributed by atoms with Crippen LogP contribution in [0.1, 0.15) is 24.0 Å². The second-order valence-corrected chi connectivity index (χ2v) is 6.74. The first-order valence-corrected chi connectivity index (χ1v) is 9.09. The minimum atomic E-state index is -0.910. The summed E-state index contributed by atoms with van der Waals surface area (Å²) < 4.78 is 0. The van der Waals surface area contributed by atoms with Crippen LogP contribution in [0.3, 0.4) is 0 Å². The number of hydrogen-bond donors (Lipinski definition) is 2. The molecule has 4 nitrogen and oxygen atoms in total. The Kier molecular flexibility index (Phi) is 6.21. The van der Waals surface area contributed by atoms with E-state index in [2.05, 4.69) is 35.2 Å². The Morgan fingerprint density at radius 3 is 2.15 bits per heavy atom. The maximum absolute atomic E-state index is 11.3. The summed E-state index contributed by atoms with van der Waals surface area (Å²) in [7, 11) is 0. The number of nitrogens with zero attached hydrogens (tertiary/aromatic N) is 1. The monoisotopic (exact) mass is 351 g/mol. The van der Waals surface area contributed by atoms with Gasteiger partial charge in [0.1, 0.15) is 0 Å². The van der Waals surface area contributed by atoms with Gasteiger partial charge in [0.05, 0.1) is 12.0 Å². The van der Waals surface area contributed by atoms with Crippen LogP contribution >= 0.6 is 0 Å². The van der Waals surface area contributed by atoms with Crippen molar-refractivity contribution in [2.24, 2.45) is 5.92 Å². The molecule has 0 aliphatic carbocycles. The summed E-state index contributed by atoms with van der Waals surface area (Å²) >= 11 is 0. The van der Waals surface area contributed by atoms with E-state index >= 15 is 0 Å². The van der Waals surface area contributed by atoms with Crippen molar-refractivity contribution in [2.45, 2.75) is 18.9 Å². The molecule has 1 fully saturated rings. The Morgan fingerprint density at radius 2 is 1.62 bits per heavy atom. The van der Waals surface area contributed by atoms with Gasteiger partial charge in [-0.2, -0.15) is 0 Å². The number of aliphatic hydroxyl groups is 1. The molecule has 0 unspecified atom stereocenters. The lowest BCUT2D eigenvalue weighted by molar-refractivity contribution is -0.148. The third kappa shape index (κ3) is 4.59. The molecule has 26 heavy (non-hydrogen) atoms. The normalized spacial score (nSPS) is 20.5. The molecule has 2 aromatic rings. The molecule has 2 aromatic carbocycles. The maximum atomic E-state index is 11.3. The van der Waals surface area contributed by atoms with E-state index in [1.54, 1.807) is 0 Å². The fraction of sp³-hybridized carbons (Fsp3) is 0.318. The Labute approximate surface area is 154 Å². The molecule has 0 aromatic heterocycles. The summed E-state index contributed by atoms with van der Waals surface area (Å²) in [6.45, 7) is 1.95. The highest BCUT2D eigenvalue weighted by Gasteiger charge is 2.32. The topological polar surface area (TPSA) is 60.8 Å². The van der Waals surface area contributed by atoms with Crippen molar-refractivity contribution in [2.75, 3.05) is 19.6 Å². The zero-order valence-corrected chi connectivity index (χ0v) is 14.8. The fourth-order valence-corrected chi connectivity index (χ4v) is 3.48. The number of likely N-dealkylation sites (tertiary alicyclic amines) is 1. The summed E-state index contributed by atoms with van der Waals surface area (Å²) in [4.78, 5) is 13.4. The van der Waals surface area contributed by atoms with Gasteiger partial charge in [0.2, 0.25) is 0 Å². The zero-order chi connectivity index (χ0) is 18.4. The van der Waals surface area contributed by atoms with Gasteiger partial charge >= 0.3 is 5.97 Å². The van der Waals surface area contributed by atoms with E-state index in [0.29, 0.717) is 13.0 Å². The number of carboxylic acids is 1. The van der Waals surface area contributed by atoms with E-state index in [-0.39, 0.29) is 0 Å². The molecule has 4 heteroatoms. The van der Waals surface area contributed by atoms with Crippen molar-refractivity contribution in [1.29, 1.82) is 0 Å². The second kappa shape index (κ2) is 8.79. The molecule has 2 N–H and O–H groups in total. The van der Waals surface area contributed by atoms with Crippen molar-refractivity contribution in [3.8, 4) is 0 Å². The van der Waals surface area contributed by atoms with Crippen molar-refractivity contribution in [1.82, 2.24) is 4.90 Å². The van der Waals surface area contributed by atoms with E-state index < -0.39 is 18.0 Å². The number of carboxylic acid groups (broad SMARTS) is 1. The smallest absolute Gasteiger partial charge is 0.310 e. The Bertz CT molecular complexity index is 701. The van der Waals surface area contributed by atoms with Crippen LogP contribution in [0, 0.1) is 5.92 Å². The first-order valence-electron chi connectivity index (χ1n) is 9.09. The molecule has 0 bridgehead atoms. The molecular weight excluding hydrogens is 326 g/mol. The molecule has 1 saturated heterocycles. The van der Waals surface area contributed by atoms with Gasteiger partial charge in [-0.15, -0.1) is 0 Å². The van der Waals surface area contributed by atoms with Gasteiger partial charge in [0, 0.05) is 19.6 Å². The lowest BCUT2D eigenvalue weighted by atomic mass is 9.94. The highest BCUT2D eigenvalue weighted by atomic mass is 16.4. The largest absolute Gasteiger partial charge is 0.481 e. The Balaban J connectivity index is 1.71.